The number of hydrogen-bond donors (Lipinski definition) is 0. The van der Waals surface area contributed by atoms with Crippen molar-refractivity contribution in [3.8, 4) is 0 Å². The predicted octanol–water partition coefficient (Wildman–Crippen LogP) is 0.365. The van der Waals surface area contributed by atoms with Gasteiger partial charge in [-0.15, -0.1) is 0 Å². The minimum Gasteiger partial charge on any atom is -0.407 e. The first kappa shape index (κ1) is 7.78. The van der Waals surface area contributed by atoms with Gasteiger partial charge in [0.1, 0.15) is 0 Å². The molecule has 1 rings (SSSR count). The molecule has 0 aromatic heterocycles. The van der Waals surface area contributed by atoms with Crippen molar-refractivity contribution in [1.82, 2.24) is 4.90 Å². The molecule has 0 spiro atoms. The molecule has 0 atom stereocenters. The minimum absolute atomic E-state index is 0.354. The summed E-state index contributed by atoms with van der Waals surface area (Å²) in [5.74, 6) is 0.0271. The van der Waals surface area contributed by atoms with Gasteiger partial charge in [0.15, 0.2) is 11.6 Å². The topological polar surface area (TPSA) is 41.9 Å². The molecule has 0 saturated carbocycles. The van der Waals surface area contributed by atoms with Crippen LogP contribution in [0.1, 0.15) is 6.92 Å². The van der Waals surface area contributed by atoms with Crippen LogP contribution in [0.4, 0.5) is 0 Å². The van der Waals surface area contributed by atoms with Gasteiger partial charge in [0.2, 0.25) is 0 Å². The van der Waals surface area contributed by atoms with Crippen molar-refractivity contribution in [2.75, 3.05) is 14.1 Å². The largest absolute Gasteiger partial charge is 0.407 e. The lowest BCUT2D eigenvalue weighted by Gasteiger charge is -2.02. The zero-order valence-corrected chi connectivity index (χ0v) is 6.79. The van der Waals surface area contributed by atoms with Gasteiger partial charge < -0.3 is 9.64 Å². The van der Waals surface area contributed by atoms with E-state index in [2.05, 4.69) is 4.99 Å². The van der Waals surface area contributed by atoms with Gasteiger partial charge in [-0.05, 0) is 0 Å². The fraction of sp³-hybridized carbons (Fsp3) is 0.429. The number of cyclic esters (lactones) is 1. The maximum Gasteiger partial charge on any atom is 0.365 e. The minimum atomic E-state index is -0.379. The molecule has 1 heterocycles. The molecule has 0 N–H and O–H groups in total. The first-order chi connectivity index (χ1) is 5.09. The molecule has 0 aliphatic carbocycles. The van der Waals surface area contributed by atoms with E-state index in [1.807, 2.05) is 14.1 Å². The van der Waals surface area contributed by atoms with Crippen LogP contribution in [0.2, 0.25) is 0 Å². The number of carbonyl (C=O) groups is 1. The normalized spacial score (nSPS) is 20.1. The molecule has 0 radical (unpaired) electrons. The molecule has 4 heteroatoms. The fourth-order valence-electron chi connectivity index (χ4n) is 0.751. The average Bonchev–Trinajstić information content (AvgIpc) is 2.09. The molecule has 0 saturated heterocycles. The van der Waals surface area contributed by atoms with Crippen LogP contribution in [0.5, 0.6) is 0 Å². The number of aliphatic imine (C=N–C) groups is 1. The van der Waals surface area contributed by atoms with E-state index in [0.29, 0.717) is 11.6 Å². The molecule has 0 fully saturated rings. The Bertz CT molecular complexity index is 241. The summed E-state index contributed by atoms with van der Waals surface area (Å²) in [6.45, 7) is 1.65. The number of nitrogens with zero attached hydrogens (tertiary/aromatic N) is 2. The zero-order valence-electron chi connectivity index (χ0n) is 6.79. The predicted molar refractivity (Wildman–Crippen MR) is 41.0 cm³/mol. The van der Waals surface area contributed by atoms with E-state index >= 15 is 0 Å². The van der Waals surface area contributed by atoms with Crippen LogP contribution in [0.25, 0.3) is 0 Å². The number of rotatable bonds is 1. The summed E-state index contributed by atoms with van der Waals surface area (Å²) in [7, 11) is 3.65. The summed E-state index contributed by atoms with van der Waals surface area (Å²) in [5.41, 5.74) is 0.354. The Morgan fingerprint density at radius 1 is 1.55 bits per heavy atom. The first-order valence-electron chi connectivity index (χ1n) is 3.25. The second-order valence-corrected chi connectivity index (χ2v) is 2.50. The summed E-state index contributed by atoms with van der Waals surface area (Å²) < 4.78 is 4.69. The molecule has 60 valence electrons. The van der Waals surface area contributed by atoms with E-state index in [4.69, 9.17) is 4.74 Å². The molecule has 0 aromatic carbocycles. The molecule has 0 unspecified atom stereocenters. The summed E-state index contributed by atoms with van der Waals surface area (Å²) in [4.78, 5) is 16.5. The maximum absolute atomic E-state index is 10.9. The van der Waals surface area contributed by atoms with Crippen LogP contribution in [-0.4, -0.2) is 30.9 Å². The maximum atomic E-state index is 10.9. The summed E-state index contributed by atoms with van der Waals surface area (Å²) >= 11 is 0. The molecule has 0 aromatic rings. The summed E-state index contributed by atoms with van der Waals surface area (Å²) in [6, 6.07) is 0. The van der Waals surface area contributed by atoms with E-state index < -0.39 is 0 Å². The van der Waals surface area contributed by atoms with Crippen LogP contribution >= 0.6 is 0 Å². The highest BCUT2D eigenvalue weighted by molar-refractivity contribution is 6.03. The smallest absolute Gasteiger partial charge is 0.365 e. The van der Waals surface area contributed by atoms with Crippen LogP contribution in [-0.2, 0) is 9.53 Å². The van der Waals surface area contributed by atoms with Gasteiger partial charge in [-0.1, -0.05) is 0 Å². The Labute approximate surface area is 65.2 Å². The quantitative estimate of drug-likeness (QED) is 0.404. The average molecular weight is 154 g/mol. The van der Waals surface area contributed by atoms with Crippen molar-refractivity contribution in [1.29, 1.82) is 0 Å². The Hall–Kier alpha value is -1.32. The molecule has 1 aliphatic heterocycles. The fourth-order valence-corrected chi connectivity index (χ4v) is 0.751. The third kappa shape index (κ3) is 1.80. The zero-order chi connectivity index (χ0) is 8.43. The highest BCUT2D eigenvalue weighted by Gasteiger charge is 2.19. The van der Waals surface area contributed by atoms with Gasteiger partial charge in [-0.2, -0.15) is 0 Å². The lowest BCUT2D eigenvalue weighted by Crippen LogP contribution is -2.06. The Kier molecular flexibility index (Phi) is 1.94. The SMILES string of the molecule is CC1=N/C(=C/N(C)C)C(=O)O1. The molecule has 0 bridgehead atoms. The van der Waals surface area contributed by atoms with Crippen LogP contribution in [0.15, 0.2) is 16.9 Å². The van der Waals surface area contributed by atoms with Crippen molar-refractivity contribution in [2.45, 2.75) is 6.92 Å². The van der Waals surface area contributed by atoms with Gasteiger partial charge in [-0.3, -0.25) is 0 Å². The second kappa shape index (κ2) is 2.74. The molecule has 0 amide bonds. The van der Waals surface area contributed by atoms with E-state index in [9.17, 15) is 4.79 Å². The van der Waals surface area contributed by atoms with Gasteiger partial charge >= 0.3 is 5.97 Å². The summed E-state index contributed by atoms with van der Waals surface area (Å²) in [5, 5.41) is 0. The van der Waals surface area contributed by atoms with Crippen molar-refractivity contribution in [3.63, 3.8) is 0 Å². The molecule has 11 heavy (non-hydrogen) atoms. The Morgan fingerprint density at radius 3 is 2.55 bits per heavy atom. The van der Waals surface area contributed by atoms with Gasteiger partial charge in [0, 0.05) is 27.2 Å². The lowest BCUT2D eigenvalue weighted by atomic mass is 10.5. The highest BCUT2D eigenvalue weighted by Crippen LogP contribution is 2.09. The van der Waals surface area contributed by atoms with E-state index in [-0.39, 0.29) is 5.97 Å². The Morgan fingerprint density at radius 2 is 2.18 bits per heavy atom. The highest BCUT2D eigenvalue weighted by atomic mass is 16.6. The van der Waals surface area contributed by atoms with Crippen molar-refractivity contribution < 1.29 is 9.53 Å². The standard InChI is InChI=1S/C7H10N2O2/c1-5-8-6(4-9(2)3)7(10)11-5/h4H,1-3H3/b6-4+. The molecule has 1 aliphatic rings. The van der Waals surface area contributed by atoms with E-state index in [1.165, 1.54) is 0 Å². The lowest BCUT2D eigenvalue weighted by molar-refractivity contribution is -0.130. The second-order valence-electron chi connectivity index (χ2n) is 2.50. The van der Waals surface area contributed by atoms with Crippen LogP contribution in [0, 0.1) is 0 Å². The van der Waals surface area contributed by atoms with Crippen molar-refractivity contribution >= 4 is 11.9 Å². The molecule has 4 nitrogen and oxygen atoms in total. The number of carbonyl (C=O) groups excluding carboxylic acids is 1. The van der Waals surface area contributed by atoms with Gasteiger partial charge in [0.25, 0.3) is 0 Å². The third-order valence-electron chi connectivity index (χ3n) is 1.11. The van der Waals surface area contributed by atoms with E-state index in [0.717, 1.165) is 0 Å². The number of ether oxygens (including phenoxy) is 1. The van der Waals surface area contributed by atoms with Crippen molar-refractivity contribution in [3.05, 3.63) is 11.9 Å². The Balaban J connectivity index is 2.81. The first-order valence-corrected chi connectivity index (χ1v) is 3.25. The van der Waals surface area contributed by atoms with Crippen molar-refractivity contribution in [2.24, 2.45) is 4.99 Å². The van der Waals surface area contributed by atoms with E-state index in [1.54, 1.807) is 18.0 Å². The van der Waals surface area contributed by atoms with Gasteiger partial charge in [0.05, 0.1) is 0 Å². The summed E-state index contributed by atoms with van der Waals surface area (Å²) in [6.07, 6.45) is 1.62. The molecular weight excluding hydrogens is 144 g/mol. The van der Waals surface area contributed by atoms with Crippen LogP contribution in [0.3, 0.4) is 0 Å². The number of esters is 1. The van der Waals surface area contributed by atoms with Gasteiger partial charge in [-0.25, -0.2) is 9.79 Å². The van der Waals surface area contributed by atoms with Crippen LogP contribution < -0.4 is 0 Å². The third-order valence-corrected chi connectivity index (χ3v) is 1.11. The number of hydrogen-bond acceptors (Lipinski definition) is 4. The molecular formula is C7H10N2O2. The monoisotopic (exact) mass is 154 g/mol.